The van der Waals surface area contributed by atoms with Crippen LogP contribution in [-0.2, 0) is 6.54 Å². The van der Waals surface area contributed by atoms with E-state index >= 15 is 0 Å². The number of hydrogen-bond donors (Lipinski definition) is 2. The third-order valence-electron chi connectivity index (χ3n) is 1.82. The number of nitrogens with one attached hydrogen (secondary N) is 1. The van der Waals surface area contributed by atoms with Crippen molar-refractivity contribution in [1.29, 1.82) is 0 Å². The van der Waals surface area contributed by atoms with Gasteiger partial charge in [0.1, 0.15) is 0 Å². The minimum Gasteiger partial charge on any atom is -0.370 e. The molecule has 0 unspecified atom stereocenters. The standard InChI is InChI=1S/C12H18ClN3.HI/c1-12(2,3)16-11(14)15-8-9-5-4-6-10(13)7-9;/h4-7H,8H2,1-3H3,(H3,14,15,16);1H. The monoisotopic (exact) mass is 367 g/mol. The quantitative estimate of drug-likeness (QED) is 0.479. The maximum Gasteiger partial charge on any atom is 0.189 e. The molecule has 1 rings (SSSR count). The first-order valence-electron chi connectivity index (χ1n) is 5.19. The molecule has 0 spiro atoms. The Labute approximate surface area is 125 Å². The van der Waals surface area contributed by atoms with Crippen LogP contribution in [0.1, 0.15) is 26.3 Å². The van der Waals surface area contributed by atoms with E-state index in [9.17, 15) is 0 Å². The third kappa shape index (κ3) is 7.44. The predicted octanol–water partition coefficient (Wildman–Crippen LogP) is 3.16. The molecule has 0 aromatic heterocycles. The number of nitrogens with zero attached hydrogens (tertiary/aromatic N) is 1. The number of nitrogens with two attached hydrogens (primary N) is 1. The summed E-state index contributed by atoms with van der Waals surface area (Å²) in [5, 5.41) is 3.82. The van der Waals surface area contributed by atoms with Crippen LogP contribution in [0.25, 0.3) is 0 Å². The van der Waals surface area contributed by atoms with E-state index in [-0.39, 0.29) is 29.5 Å². The molecule has 3 N–H and O–H groups in total. The molecule has 0 fully saturated rings. The molecular formula is C12H19ClIN3. The molecule has 1 aromatic carbocycles. The van der Waals surface area contributed by atoms with Crippen molar-refractivity contribution in [3.05, 3.63) is 34.9 Å². The molecule has 0 atom stereocenters. The van der Waals surface area contributed by atoms with E-state index in [1.165, 1.54) is 0 Å². The van der Waals surface area contributed by atoms with Gasteiger partial charge in [-0.05, 0) is 38.5 Å². The van der Waals surface area contributed by atoms with Gasteiger partial charge in [0.05, 0.1) is 6.54 Å². The molecule has 1 aromatic rings. The minimum atomic E-state index is -0.0675. The molecule has 17 heavy (non-hydrogen) atoms. The van der Waals surface area contributed by atoms with Crippen molar-refractivity contribution < 1.29 is 0 Å². The summed E-state index contributed by atoms with van der Waals surface area (Å²) in [6, 6.07) is 7.60. The molecule has 96 valence electrons. The molecule has 0 aliphatic rings. The Kier molecular flexibility index (Phi) is 6.85. The van der Waals surface area contributed by atoms with Crippen LogP contribution in [0.5, 0.6) is 0 Å². The fourth-order valence-electron chi connectivity index (χ4n) is 1.24. The Bertz CT molecular complexity index is 386. The summed E-state index contributed by atoms with van der Waals surface area (Å²) in [4.78, 5) is 4.25. The molecule has 0 heterocycles. The van der Waals surface area contributed by atoms with Gasteiger partial charge in [-0.3, -0.25) is 0 Å². The SMILES string of the molecule is CC(C)(C)NC(N)=NCc1cccc(Cl)c1.I. The summed E-state index contributed by atoms with van der Waals surface area (Å²) in [6.07, 6.45) is 0. The van der Waals surface area contributed by atoms with E-state index in [4.69, 9.17) is 17.3 Å². The lowest BCUT2D eigenvalue weighted by Gasteiger charge is -2.20. The van der Waals surface area contributed by atoms with Gasteiger partial charge in [0.25, 0.3) is 0 Å². The van der Waals surface area contributed by atoms with Crippen molar-refractivity contribution in [2.75, 3.05) is 0 Å². The third-order valence-corrected chi connectivity index (χ3v) is 2.06. The summed E-state index contributed by atoms with van der Waals surface area (Å²) in [5.41, 5.74) is 6.73. The molecule has 0 radical (unpaired) electrons. The van der Waals surface area contributed by atoms with E-state index in [0.717, 1.165) is 10.6 Å². The molecule has 0 aliphatic carbocycles. The zero-order valence-corrected chi connectivity index (χ0v) is 13.4. The van der Waals surface area contributed by atoms with Crippen molar-refractivity contribution in [3.63, 3.8) is 0 Å². The average Bonchev–Trinajstić information content (AvgIpc) is 2.12. The van der Waals surface area contributed by atoms with Crippen LogP contribution in [-0.4, -0.2) is 11.5 Å². The van der Waals surface area contributed by atoms with Crippen molar-refractivity contribution in [2.45, 2.75) is 32.9 Å². The van der Waals surface area contributed by atoms with E-state index in [1.807, 2.05) is 45.0 Å². The summed E-state index contributed by atoms with van der Waals surface area (Å²) in [6.45, 7) is 6.65. The average molecular weight is 368 g/mol. The molecule has 0 saturated carbocycles. The van der Waals surface area contributed by atoms with Crippen molar-refractivity contribution in [1.82, 2.24) is 5.32 Å². The normalized spacial score (nSPS) is 11.9. The molecule has 0 saturated heterocycles. The van der Waals surface area contributed by atoms with Gasteiger partial charge >= 0.3 is 0 Å². The van der Waals surface area contributed by atoms with Gasteiger partial charge in [0.15, 0.2) is 5.96 Å². The van der Waals surface area contributed by atoms with E-state index in [2.05, 4.69) is 10.3 Å². The topological polar surface area (TPSA) is 50.4 Å². The second kappa shape index (κ2) is 7.06. The van der Waals surface area contributed by atoms with Crippen molar-refractivity contribution in [3.8, 4) is 0 Å². The zero-order chi connectivity index (χ0) is 12.2. The van der Waals surface area contributed by atoms with Crippen LogP contribution in [0.15, 0.2) is 29.3 Å². The Morgan fingerprint density at radius 1 is 1.41 bits per heavy atom. The highest BCUT2D eigenvalue weighted by Gasteiger charge is 2.09. The molecule has 3 nitrogen and oxygen atoms in total. The smallest absolute Gasteiger partial charge is 0.189 e. The molecule has 5 heteroatoms. The Hall–Kier alpha value is -0.490. The van der Waals surface area contributed by atoms with E-state index in [0.29, 0.717) is 12.5 Å². The highest BCUT2D eigenvalue weighted by atomic mass is 127. The number of aliphatic imine (C=N–C) groups is 1. The van der Waals surface area contributed by atoms with Gasteiger partial charge in [-0.1, -0.05) is 23.7 Å². The van der Waals surface area contributed by atoms with Crippen molar-refractivity contribution >= 4 is 41.5 Å². The number of guanidine groups is 1. The van der Waals surface area contributed by atoms with Crippen LogP contribution in [0.2, 0.25) is 5.02 Å². The second-order valence-electron chi connectivity index (χ2n) is 4.71. The lowest BCUT2D eigenvalue weighted by atomic mass is 10.1. The lowest BCUT2D eigenvalue weighted by molar-refractivity contribution is 0.508. The van der Waals surface area contributed by atoms with Crippen LogP contribution >= 0.6 is 35.6 Å². The van der Waals surface area contributed by atoms with Crippen LogP contribution in [0.3, 0.4) is 0 Å². The number of hydrogen-bond acceptors (Lipinski definition) is 1. The van der Waals surface area contributed by atoms with E-state index in [1.54, 1.807) is 0 Å². The highest BCUT2D eigenvalue weighted by molar-refractivity contribution is 14.0. The van der Waals surface area contributed by atoms with Gasteiger partial charge in [-0.25, -0.2) is 4.99 Å². The second-order valence-corrected chi connectivity index (χ2v) is 5.14. The number of rotatable bonds is 2. The summed E-state index contributed by atoms with van der Waals surface area (Å²) in [5.74, 6) is 0.451. The number of benzene rings is 1. The van der Waals surface area contributed by atoms with Crippen LogP contribution in [0, 0.1) is 0 Å². The van der Waals surface area contributed by atoms with Gasteiger partial charge in [0.2, 0.25) is 0 Å². The summed E-state index contributed by atoms with van der Waals surface area (Å²) in [7, 11) is 0. The van der Waals surface area contributed by atoms with Crippen LogP contribution in [0.4, 0.5) is 0 Å². The first-order chi connectivity index (χ1) is 7.37. The first-order valence-corrected chi connectivity index (χ1v) is 5.57. The Morgan fingerprint density at radius 3 is 2.59 bits per heavy atom. The Balaban J connectivity index is 0.00000256. The molecule has 0 amide bonds. The summed E-state index contributed by atoms with van der Waals surface area (Å²) >= 11 is 5.87. The first kappa shape index (κ1) is 16.5. The van der Waals surface area contributed by atoms with Gasteiger partial charge in [-0.2, -0.15) is 0 Å². The van der Waals surface area contributed by atoms with Gasteiger partial charge in [0, 0.05) is 10.6 Å². The largest absolute Gasteiger partial charge is 0.370 e. The molecular weight excluding hydrogens is 349 g/mol. The lowest BCUT2D eigenvalue weighted by Crippen LogP contribution is -2.44. The molecule has 0 aliphatic heterocycles. The molecule has 0 bridgehead atoms. The Morgan fingerprint density at radius 2 is 2.06 bits per heavy atom. The number of halogens is 2. The fraction of sp³-hybridized carbons (Fsp3) is 0.417. The van der Waals surface area contributed by atoms with Gasteiger partial charge < -0.3 is 11.1 Å². The zero-order valence-electron chi connectivity index (χ0n) is 10.3. The van der Waals surface area contributed by atoms with Gasteiger partial charge in [-0.15, -0.1) is 24.0 Å². The summed E-state index contributed by atoms with van der Waals surface area (Å²) < 4.78 is 0. The maximum atomic E-state index is 5.87. The minimum absolute atomic E-state index is 0. The highest BCUT2D eigenvalue weighted by Crippen LogP contribution is 2.11. The van der Waals surface area contributed by atoms with Crippen LogP contribution < -0.4 is 11.1 Å². The fourth-order valence-corrected chi connectivity index (χ4v) is 1.45. The predicted molar refractivity (Wildman–Crippen MR) is 85.1 cm³/mol. The maximum absolute atomic E-state index is 5.87. The van der Waals surface area contributed by atoms with E-state index < -0.39 is 0 Å². The van der Waals surface area contributed by atoms with Crippen molar-refractivity contribution in [2.24, 2.45) is 10.7 Å².